The number of carbonyl (C=O) groups excluding carboxylic acids is 1. The lowest BCUT2D eigenvalue weighted by Gasteiger charge is -2.50. The second-order valence-electron chi connectivity index (χ2n) is 5.69. The van der Waals surface area contributed by atoms with Crippen molar-refractivity contribution in [1.82, 2.24) is 10.2 Å². The van der Waals surface area contributed by atoms with Gasteiger partial charge in [0, 0.05) is 18.5 Å². The Morgan fingerprint density at radius 1 is 1.57 bits per heavy atom. The number of carbonyl (C=O) groups is 2. The second-order valence-corrected chi connectivity index (χ2v) is 5.69. The Hall–Kier alpha value is -2.24. The van der Waals surface area contributed by atoms with Gasteiger partial charge in [-0.25, -0.2) is 9.59 Å². The molecule has 2 N–H and O–H groups in total. The minimum atomic E-state index is -0.985. The van der Waals surface area contributed by atoms with Crippen LogP contribution in [0.1, 0.15) is 48.7 Å². The summed E-state index contributed by atoms with van der Waals surface area (Å²) in [6, 6.07) is 4.40. The number of rotatable bonds is 3. The fourth-order valence-electron chi connectivity index (χ4n) is 3.11. The quantitative estimate of drug-likeness (QED) is 0.895. The van der Waals surface area contributed by atoms with Crippen LogP contribution in [0.25, 0.3) is 0 Å². The molecule has 1 aromatic carbocycles. The molecule has 0 unspecified atom stereocenters. The summed E-state index contributed by atoms with van der Waals surface area (Å²) in [6.07, 6.45) is 1.46. The number of benzene rings is 1. The molecule has 3 rings (SSSR count). The van der Waals surface area contributed by atoms with Crippen molar-refractivity contribution in [2.24, 2.45) is 0 Å². The minimum absolute atomic E-state index is 0.165. The van der Waals surface area contributed by atoms with Crippen molar-refractivity contribution in [2.75, 3.05) is 6.54 Å². The first-order valence-corrected chi connectivity index (χ1v) is 7.09. The first kappa shape index (κ1) is 13.7. The van der Waals surface area contributed by atoms with Crippen LogP contribution in [0.5, 0.6) is 5.75 Å². The molecule has 0 saturated carbocycles. The van der Waals surface area contributed by atoms with Crippen molar-refractivity contribution in [3.63, 3.8) is 0 Å². The monoisotopic (exact) mass is 290 g/mol. The molecule has 2 bridgehead atoms. The van der Waals surface area contributed by atoms with Crippen molar-refractivity contribution in [1.29, 1.82) is 0 Å². The van der Waals surface area contributed by atoms with E-state index >= 15 is 0 Å². The average molecular weight is 290 g/mol. The summed E-state index contributed by atoms with van der Waals surface area (Å²) in [4.78, 5) is 25.0. The minimum Gasteiger partial charge on any atom is -0.478 e. The van der Waals surface area contributed by atoms with Gasteiger partial charge in [-0.05, 0) is 31.5 Å². The third kappa shape index (κ3) is 2.11. The lowest BCUT2D eigenvalue weighted by atomic mass is 9.89. The number of nitrogens with one attached hydrogen (secondary N) is 1. The SMILES string of the molecule is CCCN1C(=O)N[C@@H]2C[C@@]1(C)Oc1ccc(C(=O)O)cc12. The topological polar surface area (TPSA) is 78.9 Å². The fraction of sp³-hybridized carbons (Fsp3) is 0.467. The van der Waals surface area contributed by atoms with Gasteiger partial charge < -0.3 is 15.2 Å². The van der Waals surface area contributed by atoms with Crippen LogP contribution < -0.4 is 10.1 Å². The van der Waals surface area contributed by atoms with Gasteiger partial charge >= 0.3 is 12.0 Å². The second kappa shape index (κ2) is 4.65. The molecule has 1 aromatic rings. The van der Waals surface area contributed by atoms with Crippen LogP contribution in [-0.4, -0.2) is 34.3 Å². The number of amides is 2. The highest BCUT2D eigenvalue weighted by atomic mass is 16.5. The molecule has 1 fully saturated rings. The molecule has 2 atom stereocenters. The number of fused-ring (bicyclic) bond motifs is 4. The van der Waals surface area contributed by atoms with Crippen LogP contribution >= 0.6 is 0 Å². The van der Waals surface area contributed by atoms with Crippen molar-refractivity contribution in [3.05, 3.63) is 29.3 Å². The average Bonchev–Trinajstić information content (AvgIpc) is 2.42. The number of ether oxygens (including phenoxy) is 1. The maximum atomic E-state index is 12.3. The smallest absolute Gasteiger partial charge is 0.335 e. The van der Waals surface area contributed by atoms with Crippen LogP contribution in [0.4, 0.5) is 4.79 Å². The molecule has 6 heteroatoms. The van der Waals surface area contributed by atoms with E-state index < -0.39 is 11.7 Å². The van der Waals surface area contributed by atoms with E-state index in [1.54, 1.807) is 17.0 Å². The van der Waals surface area contributed by atoms with Crippen LogP contribution in [0.3, 0.4) is 0 Å². The molecule has 0 aromatic heterocycles. The van der Waals surface area contributed by atoms with E-state index in [0.717, 1.165) is 12.0 Å². The molecule has 6 nitrogen and oxygen atoms in total. The van der Waals surface area contributed by atoms with Gasteiger partial charge in [0.15, 0.2) is 5.72 Å². The first-order valence-electron chi connectivity index (χ1n) is 7.09. The summed E-state index contributed by atoms with van der Waals surface area (Å²) in [6.45, 7) is 4.54. The van der Waals surface area contributed by atoms with E-state index in [4.69, 9.17) is 9.84 Å². The summed E-state index contributed by atoms with van der Waals surface area (Å²) >= 11 is 0. The van der Waals surface area contributed by atoms with E-state index in [1.165, 1.54) is 6.07 Å². The number of nitrogens with zero attached hydrogens (tertiary/aromatic N) is 1. The first-order chi connectivity index (χ1) is 9.94. The zero-order valence-corrected chi connectivity index (χ0v) is 12.0. The maximum Gasteiger partial charge on any atom is 0.335 e. The van der Waals surface area contributed by atoms with Crippen molar-refractivity contribution < 1.29 is 19.4 Å². The Labute approximate surface area is 122 Å². The number of hydrogen-bond acceptors (Lipinski definition) is 3. The summed E-state index contributed by atoms with van der Waals surface area (Å²) in [5.41, 5.74) is 0.254. The molecule has 0 spiro atoms. The predicted molar refractivity (Wildman–Crippen MR) is 75.3 cm³/mol. The zero-order valence-electron chi connectivity index (χ0n) is 12.0. The Morgan fingerprint density at radius 3 is 3.00 bits per heavy atom. The summed E-state index contributed by atoms with van der Waals surface area (Å²) < 4.78 is 6.03. The van der Waals surface area contributed by atoms with Crippen LogP contribution in [0, 0.1) is 0 Å². The third-order valence-corrected chi connectivity index (χ3v) is 4.11. The van der Waals surface area contributed by atoms with Crippen molar-refractivity contribution in [2.45, 2.75) is 38.5 Å². The summed E-state index contributed by atoms with van der Waals surface area (Å²) in [7, 11) is 0. The highest BCUT2D eigenvalue weighted by Gasteiger charge is 2.48. The lowest BCUT2D eigenvalue weighted by molar-refractivity contribution is -0.0836. The largest absolute Gasteiger partial charge is 0.478 e. The third-order valence-electron chi connectivity index (χ3n) is 4.11. The van der Waals surface area contributed by atoms with Gasteiger partial charge in [0.2, 0.25) is 0 Å². The van der Waals surface area contributed by atoms with E-state index in [0.29, 0.717) is 18.7 Å². The van der Waals surface area contributed by atoms with Crippen LogP contribution in [-0.2, 0) is 0 Å². The number of urea groups is 1. The Bertz CT molecular complexity index is 616. The molecule has 2 amide bonds. The molecule has 2 heterocycles. The van der Waals surface area contributed by atoms with E-state index in [1.807, 2.05) is 13.8 Å². The standard InChI is InChI=1S/C15H18N2O4/c1-3-6-17-14(20)16-11-8-15(17,2)21-12-5-4-9(13(18)19)7-10(11)12/h4-5,7,11H,3,6,8H2,1-2H3,(H,16,20)(H,18,19)/t11-,15-/m1/s1. The van der Waals surface area contributed by atoms with E-state index in [-0.39, 0.29) is 17.6 Å². The molecule has 2 aliphatic rings. The van der Waals surface area contributed by atoms with Gasteiger partial charge in [-0.2, -0.15) is 0 Å². The van der Waals surface area contributed by atoms with Gasteiger partial charge in [-0.1, -0.05) is 6.92 Å². The Kier molecular flexibility index (Phi) is 3.04. The number of hydrogen-bond donors (Lipinski definition) is 2. The highest BCUT2D eigenvalue weighted by molar-refractivity contribution is 5.88. The summed E-state index contributed by atoms with van der Waals surface area (Å²) in [5.74, 6) is -0.347. The molecular weight excluding hydrogens is 272 g/mol. The molecule has 112 valence electrons. The number of carboxylic acids is 1. The van der Waals surface area contributed by atoms with Gasteiger partial charge in [0.05, 0.1) is 11.6 Å². The van der Waals surface area contributed by atoms with Crippen molar-refractivity contribution in [3.8, 4) is 5.75 Å². The van der Waals surface area contributed by atoms with Gasteiger partial charge in [0.1, 0.15) is 5.75 Å². The Balaban J connectivity index is 2.02. The molecule has 21 heavy (non-hydrogen) atoms. The number of aromatic carboxylic acids is 1. The molecular formula is C15H18N2O4. The normalized spacial score (nSPS) is 26.7. The summed E-state index contributed by atoms with van der Waals surface area (Å²) in [5, 5.41) is 12.0. The molecule has 0 radical (unpaired) electrons. The fourth-order valence-corrected chi connectivity index (χ4v) is 3.11. The van der Waals surface area contributed by atoms with Gasteiger partial charge in [0.25, 0.3) is 0 Å². The maximum absolute atomic E-state index is 12.3. The van der Waals surface area contributed by atoms with Gasteiger partial charge in [-0.15, -0.1) is 0 Å². The van der Waals surface area contributed by atoms with E-state index in [9.17, 15) is 9.59 Å². The molecule has 1 saturated heterocycles. The number of carboxylic acid groups (broad SMARTS) is 1. The predicted octanol–water partition coefficient (Wildman–Crippen LogP) is 2.36. The van der Waals surface area contributed by atoms with Crippen molar-refractivity contribution >= 4 is 12.0 Å². The lowest BCUT2D eigenvalue weighted by Crippen LogP contribution is -2.64. The van der Waals surface area contributed by atoms with Crippen LogP contribution in [0.15, 0.2) is 18.2 Å². The zero-order chi connectivity index (χ0) is 15.2. The molecule has 0 aliphatic carbocycles. The van der Waals surface area contributed by atoms with E-state index in [2.05, 4.69) is 5.32 Å². The molecule has 2 aliphatic heterocycles. The van der Waals surface area contributed by atoms with Gasteiger partial charge in [-0.3, -0.25) is 4.90 Å². The Morgan fingerprint density at radius 2 is 2.33 bits per heavy atom. The van der Waals surface area contributed by atoms with Crippen LogP contribution in [0.2, 0.25) is 0 Å². The highest BCUT2D eigenvalue weighted by Crippen LogP contribution is 2.44.